The first-order chi connectivity index (χ1) is 13.0. The fraction of sp³-hybridized carbons (Fsp3) is 0.870. The normalized spacial score (nSPS) is 38.9. The standard InChI is InChI=1S/C23H38O4/c24-14-7-3-1-2-4-10-18-19(22(26)15-21(18)25)11-8-13-23(27)16-17-9-5-6-12-20(17)23/h8,11,17-20,22,24,26-27H,1-7,9-10,12-16H2/b11-8+/t17?,18-,19-,20?,22-,23?/m1/s1. The molecule has 0 heterocycles. The number of aliphatic hydroxyl groups excluding tert-OH is 2. The van der Waals surface area contributed by atoms with E-state index in [1.54, 1.807) is 0 Å². The number of rotatable bonds is 10. The van der Waals surface area contributed by atoms with Gasteiger partial charge < -0.3 is 15.3 Å². The predicted molar refractivity (Wildman–Crippen MR) is 106 cm³/mol. The Hall–Kier alpha value is -0.710. The average Bonchev–Trinajstić information content (AvgIpc) is 2.90. The van der Waals surface area contributed by atoms with Gasteiger partial charge in [-0.25, -0.2) is 0 Å². The van der Waals surface area contributed by atoms with Crippen molar-refractivity contribution in [2.75, 3.05) is 6.61 Å². The van der Waals surface area contributed by atoms with Gasteiger partial charge in [0, 0.05) is 24.9 Å². The van der Waals surface area contributed by atoms with Crippen molar-refractivity contribution in [3.63, 3.8) is 0 Å². The van der Waals surface area contributed by atoms with E-state index in [2.05, 4.69) is 0 Å². The van der Waals surface area contributed by atoms with Crippen molar-refractivity contribution in [1.29, 1.82) is 0 Å². The number of hydrogen-bond donors (Lipinski definition) is 3. The first kappa shape index (κ1) is 21.0. The molecule has 3 aliphatic carbocycles. The number of Topliss-reactive ketones (excluding diaryl/α,β-unsaturated/α-hetero) is 1. The minimum atomic E-state index is -0.563. The maximum atomic E-state index is 12.3. The Balaban J connectivity index is 1.46. The molecule has 0 aromatic rings. The molecule has 4 heteroatoms. The first-order valence-corrected chi connectivity index (χ1v) is 11.3. The van der Waals surface area contributed by atoms with Gasteiger partial charge >= 0.3 is 0 Å². The van der Waals surface area contributed by atoms with Crippen molar-refractivity contribution < 1.29 is 20.1 Å². The summed E-state index contributed by atoms with van der Waals surface area (Å²) >= 11 is 0. The third-order valence-electron chi connectivity index (χ3n) is 7.45. The number of carbonyl (C=O) groups is 1. The first-order valence-electron chi connectivity index (χ1n) is 11.3. The number of unbranched alkanes of at least 4 members (excludes halogenated alkanes) is 4. The van der Waals surface area contributed by atoms with Gasteiger partial charge in [-0.05, 0) is 50.4 Å². The molecule has 3 fully saturated rings. The molecule has 0 radical (unpaired) electrons. The average molecular weight is 379 g/mol. The molecular weight excluding hydrogens is 340 g/mol. The molecule has 0 aromatic carbocycles. The molecule has 3 aliphatic rings. The molecule has 0 amide bonds. The van der Waals surface area contributed by atoms with E-state index in [1.165, 1.54) is 19.3 Å². The quantitative estimate of drug-likeness (QED) is 0.399. The van der Waals surface area contributed by atoms with Gasteiger partial charge in [0.05, 0.1) is 11.7 Å². The molecule has 0 bridgehead atoms. The van der Waals surface area contributed by atoms with Gasteiger partial charge in [0.2, 0.25) is 0 Å². The van der Waals surface area contributed by atoms with Gasteiger partial charge in [-0.3, -0.25) is 4.79 Å². The lowest BCUT2D eigenvalue weighted by Crippen LogP contribution is -2.54. The molecule has 0 spiro atoms. The summed E-state index contributed by atoms with van der Waals surface area (Å²) in [7, 11) is 0. The predicted octanol–water partition coefficient (Wildman–Crippen LogP) is 3.77. The van der Waals surface area contributed by atoms with Gasteiger partial charge in [0.25, 0.3) is 0 Å². The van der Waals surface area contributed by atoms with Crippen LogP contribution in [-0.2, 0) is 4.79 Å². The van der Waals surface area contributed by atoms with Crippen molar-refractivity contribution in [3.05, 3.63) is 12.2 Å². The third-order valence-corrected chi connectivity index (χ3v) is 7.45. The summed E-state index contributed by atoms with van der Waals surface area (Å²) in [4.78, 5) is 12.3. The van der Waals surface area contributed by atoms with Gasteiger partial charge in [0.1, 0.15) is 5.78 Å². The van der Waals surface area contributed by atoms with Gasteiger partial charge in [-0.1, -0.05) is 50.7 Å². The summed E-state index contributed by atoms with van der Waals surface area (Å²) < 4.78 is 0. The summed E-state index contributed by atoms with van der Waals surface area (Å²) in [5.41, 5.74) is -0.544. The number of fused-ring (bicyclic) bond motifs is 1. The van der Waals surface area contributed by atoms with Crippen LogP contribution in [0.25, 0.3) is 0 Å². The van der Waals surface area contributed by atoms with E-state index in [0.29, 0.717) is 12.3 Å². The number of aliphatic hydroxyl groups is 3. The highest BCUT2D eigenvalue weighted by Gasteiger charge is 2.52. The molecule has 6 atom stereocenters. The summed E-state index contributed by atoms with van der Waals surface area (Å²) in [6.45, 7) is 0.258. The maximum Gasteiger partial charge on any atom is 0.139 e. The molecule has 3 saturated carbocycles. The van der Waals surface area contributed by atoms with Crippen LogP contribution >= 0.6 is 0 Å². The molecule has 4 nitrogen and oxygen atoms in total. The fourth-order valence-electron chi connectivity index (χ4n) is 5.87. The molecule has 0 aliphatic heterocycles. The smallest absolute Gasteiger partial charge is 0.139 e. The largest absolute Gasteiger partial charge is 0.396 e. The summed E-state index contributed by atoms with van der Waals surface area (Å²) in [5, 5.41) is 30.1. The molecule has 154 valence electrons. The van der Waals surface area contributed by atoms with Crippen LogP contribution in [0.1, 0.15) is 83.5 Å². The zero-order valence-electron chi connectivity index (χ0n) is 16.7. The Morgan fingerprint density at radius 2 is 1.81 bits per heavy atom. The molecule has 3 unspecified atom stereocenters. The Morgan fingerprint density at radius 3 is 2.59 bits per heavy atom. The van der Waals surface area contributed by atoms with E-state index in [0.717, 1.165) is 57.3 Å². The summed E-state index contributed by atoms with van der Waals surface area (Å²) in [5.74, 6) is 1.23. The van der Waals surface area contributed by atoms with E-state index < -0.39 is 11.7 Å². The van der Waals surface area contributed by atoms with E-state index in [1.807, 2.05) is 12.2 Å². The van der Waals surface area contributed by atoms with Crippen LogP contribution in [0.15, 0.2) is 12.2 Å². The second-order valence-corrected chi connectivity index (χ2v) is 9.29. The van der Waals surface area contributed by atoms with Crippen molar-refractivity contribution in [2.45, 2.75) is 95.2 Å². The minimum Gasteiger partial charge on any atom is -0.396 e. The number of carbonyl (C=O) groups excluding carboxylic acids is 1. The third kappa shape index (κ3) is 5.02. The molecule has 3 rings (SSSR count). The second-order valence-electron chi connectivity index (χ2n) is 9.29. The van der Waals surface area contributed by atoms with E-state index in [4.69, 9.17) is 5.11 Å². The Bertz CT molecular complexity index is 517. The fourth-order valence-corrected chi connectivity index (χ4v) is 5.87. The monoisotopic (exact) mass is 378 g/mol. The second kappa shape index (κ2) is 9.67. The van der Waals surface area contributed by atoms with Crippen LogP contribution in [0.2, 0.25) is 0 Å². The highest BCUT2D eigenvalue weighted by Crippen LogP contribution is 2.53. The SMILES string of the molecule is O=C1C[C@@H](O)[C@H](/C=C/CC2(O)CC3CCCCC32)[C@H]1CCCCCCCO. The number of hydrogen-bond acceptors (Lipinski definition) is 4. The molecule has 3 N–H and O–H groups in total. The lowest BCUT2D eigenvalue weighted by atomic mass is 9.55. The Labute approximate surface area is 164 Å². The molecule has 27 heavy (non-hydrogen) atoms. The maximum absolute atomic E-state index is 12.3. The van der Waals surface area contributed by atoms with Crippen LogP contribution in [0.5, 0.6) is 0 Å². The van der Waals surface area contributed by atoms with Gasteiger partial charge in [-0.2, -0.15) is 0 Å². The van der Waals surface area contributed by atoms with E-state index in [9.17, 15) is 15.0 Å². The summed E-state index contributed by atoms with van der Waals surface area (Å²) in [6.07, 6.45) is 16.3. The molecule has 0 saturated heterocycles. The van der Waals surface area contributed by atoms with Crippen LogP contribution in [0.3, 0.4) is 0 Å². The van der Waals surface area contributed by atoms with Gasteiger partial charge in [-0.15, -0.1) is 0 Å². The lowest BCUT2D eigenvalue weighted by molar-refractivity contribution is -0.151. The van der Waals surface area contributed by atoms with Crippen molar-refractivity contribution in [3.8, 4) is 0 Å². The molecule has 0 aromatic heterocycles. The summed E-state index contributed by atoms with van der Waals surface area (Å²) in [6, 6.07) is 0. The molecular formula is C23H38O4. The Kier molecular flexibility index (Phi) is 7.52. The number of ketones is 1. The van der Waals surface area contributed by atoms with Gasteiger partial charge in [0.15, 0.2) is 0 Å². The van der Waals surface area contributed by atoms with Crippen molar-refractivity contribution >= 4 is 5.78 Å². The lowest BCUT2D eigenvalue weighted by Gasteiger charge is -2.54. The van der Waals surface area contributed by atoms with Crippen LogP contribution in [-0.4, -0.2) is 39.4 Å². The zero-order valence-corrected chi connectivity index (χ0v) is 16.7. The minimum absolute atomic E-state index is 0.0624. The topological polar surface area (TPSA) is 77.8 Å². The van der Waals surface area contributed by atoms with Crippen molar-refractivity contribution in [1.82, 2.24) is 0 Å². The Morgan fingerprint density at radius 1 is 1.07 bits per heavy atom. The van der Waals surface area contributed by atoms with Crippen molar-refractivity contribution in [2.24, 2.45) is 23.7 Å². The highest BCUT2D eigenvalue weighted by atomic mass is 16.3. The van der Waals surface area contributed by atoms with Crippen LogP contribution in [0.4, 0.5) is 0 Å². The van der Waals surface area contributed by atoms with Crippen LogP contribution in [0, 0.1) is 23.7 Å². The van der Waals surface area contributed by atoms with E-state index in [-0.39, 0.29) is 30.6 Å². The highest BCUT2D eigenvalue weighted by molar-refractivity contribution is 5.84. The van der Waals surface area contributed by atoms with E-state index >= 15 is 0 Å². The zero-order chi connectivity index (χ0) is 19.3. The van der Waals surface area contributed by atoms with Crippen LogP contribution < -0.4 is 0 Å².